The Labute approximate surface area is 249 Å². The van der Waals surface area contributed by atoms with Gasteiger partial charge in [0.1, 0.15) is 24.3 Å². The molecule has 0 spiro atoms. The smallest absolute Gasteiger partial charge is 0.327 e. The monoisotopic (exact) mass is 648 g/mol. The normalized spacial score (nSPS) is 27.6. The number of aliphatic hydroxyl groups excluding tert-OH is 1. The first-order chi connectivity index (χ1) is 20.1. The molecule has 238 valence electrons. The van der Waals surface area contributed by atoms with Crippen molar-refractivity contribution in [2.75, 3.05) is 24.7 Å². The van der Waals surface area contributed by atoms with Gasteiger partial charge in [-0.2, -0.15) is 9.97 Å². The number of halogens is 1. The van der Waals surface area contributed by atoms with Gasteiger partial charge in [0.05, 0.1) is 25.6 Å². The summed E-state index contributed by atoms with van der Waals surface area (Å²) < 4.78 is 53.3. The molecule has 7 atom stereocenters. The molecule has 2 fully saturated rings. The maximum atomic E-state index is 16.0. The summed E-state index contributed by atoms with van der Waals surface area (Å²) in [5.74, 6) is -1.62. The number of esters is 1. The van der Waals surface area contributed by atoms with Crippen molar-refractivity contribution in [2.45, 2.75) is 76.9 Å². The minimum Gasteiger partial charge on any atom is -0.476 e. The van der Waals surface area contributed by atoms with E-state index in [-0.39, 0.29) is 35.4 Å². The van der Waals surface area contributed by atoms with E-state index in [1.807, 2.05) is 0 Å². The number of ether oxygens (including phenoxy) is 3. The first-order valence-corrected chi connectivity index (χ1v) is 16.5. The van der Waals surface area contributed by atoms with Crippen LogP contribution in [0.1, 0.15) is 40.8 Å². The minimum absolute atomic E-state index is 0.0871. The maximum Gasteiger partial charge on any atom is 0.327 e. The molecule has 0 saturated carbocycles. The maximum absolute atomic E-state index is 16.0. The van der Waals surface area contributed by atoms with Crippen LogP contribution < -0.4 is 26.2 Å². The first-order valence-electron chi connectivity index (χ1n) is 13.3. The van der Waals surface area contributed by atoms with Crippen molar-refractivity contribution in [1.29, 1.82) is 0 Å². The molecule has 1 unspecified atom stereocenters. The fourth-order valence-corrected chi connectivity index (χ4v) is 8.19. The van der Waals surface area contributed by atoms with E-state index in [1.54, 1.807) is 20.8 Å². The number of rotatable bonds is 13. The number of nitrogens with two attached hydrogens (primary N) is 1. The Bertz CT molecular complexity index is 1430. The van der Waals surface area contributed by atoms with E-state index < -0.39 is 73.5 Å². The second-order valence-corrected chi connectivity index (χ2v) is 14.5. The van der Waals surface area contributed by atoms with Gasteiger partial charge in [-0.1, -0.05) is 11.4 Å². The Balaban J connectivity index is 1.53. The van der Waals surface area contributed by atoms with Crippen molar-refractivity contribution < 1.29 is 47.2 Å². The van der Waals surface area contributed by atoms with Crippen LogP contribution in [0.3, 0.4) is 0 Å². The van der Waals surface area contributed by atoms with E-state index >= 15 is 4.39 Å². The van der Waals surface area contributed by atoms with Crippen molar-refractivity contribution >= 4 is 53.1 Å². The van der Waals surface area contributed by atoms with Crippen molar-refractivity contribution in [3.05, 3.63) is 6.33 Å². The number of anilines is 1. The average molecular weight is 649 g/mol. The number of fused-ring (bicyclic) bond motifs is 1. The molecule has 6 N–H and O–H groups in total. The van der Waals surface area contributed by atoms with Gasteiger partial charge in [-0.15, -0.1) is 0 Å². The Hall–Kier alpha value is -3.09. The number of imide groups is 1. The molecule has 0 aromatic carbocycles. The summed E-state index contributed by atoms with van der Waals surface area (Å²) >= 11 is 0.632. The number of nitrogens with zero attached hydrogens (tertiary/aromatic N) is 4. The number of carbonyl (C=O) groups is 3. The summed E-state index contributed by atoms with van der Waals surface area (Å²) in [6.45, 7) is 3.10. The highest BCUT2D eigenvalue weighted by molar-refractivity contribution is 8.56. The molecular formula is C23H34FN8O9PS. The van der Waals surface area contributed by atoms with Gasteiger partial charge in [0, 0.05) is 5.75 Å². The highest BCUT2D eigenvalue weighted by Crippen LogP contribution is 2.57. The zero-order chi connectivity index (χ0) is 31.7. The van der Waals surface area contributed by atoms with E-state index in [2.05, 4.69) is 30.7 Å². The van der Waals surface area contributed by atoms with E-state index in [0.717, 1.165) is 6.92 Å². The fraction of sp³-hybridized carbons (Fsp3) is 0.652. The molecule has 2 aliphatic heterocycles. The van der Waals surface area contributed by atoms with Crippen LogP contribution in [0.15, 0.2) is 6.33 Å². The summed E-state index contributed by atoms with van der Waals surface area (Å²) in [7, 11) is 0. The molecule has 0 bridgehead atoms. The third-order valence-electron chi connectivity index (χ3n) is 6.39. The first kappa shape index (κ1) is 32.8. The van der Waals surface area contributed by atoms with Gasteiger partial charge < -0.3 is 34.9 Å². The van der Waals surface area contributed by atoms with Crippen LogP contribution in [0.5, 0.6) is 5.88 Å². The fourth-order valence-electron chi connectivity index (χ4n) is 4.32. The molecule has 2 aromatic heterocycles. The molecular weight excluding hydrogens is 614 g/mol. The summed E-state index contributed by atoms with van der Waals surface area (Å²) in [5.41, 5.74) is 3.68. The molecule has 4 heterocycles. The number of aliphatic hydroxyl groups is 1. The van der Waals surface area contributed by atoms with E-state index in [0.29, 0.717) is 11.4 Å². The SMILES string of the molecule is CCOc1nc(N)nc2c1ncn2[C@@H]1O[C@H](CO[P@](=O)(N[C@@H](C)C(=O)OC(C)C)SCC2NC(=O)NC2=O)[C@@H](O)[C@@]1(C)F. The lowest BCUT2D eigenvalue weighted by Gasteiger charge is -2.25. The lowest BCUT2D eigenvalue weighted by Crippen LogP contribution is -2.41. The summed E-state index contributed by atoms with van der Waals surface area (Å²) in [6, 6.07) is -2.86. The number of nitrogens with one attached hydrogen (secondary N) is 3. The number of hydrogen-bond acceptors (Lipinski definition) is 14. The van der Waals surface area contributed by atoms with Gasteiger partial charge in [0.2, 0.25) is 11.8 Å². The van der Waals surface area contributed by atoms with Crippen LogP contribution in [-0.4, -0.2) is 97.6 Å². The molecule has 0 aliphatic carbocycles. The predicted molar refractivity (Wildman–Crippen MR) is 151 cm³/mol. The molecule has 20 heteroatoms. The van der Waals surface area contributed by atoms with Crippen molar-refractivity contribution in [3.63, 3.8) is 0 Å². The molecule has 17 nitrogen and oxygen atoms in total. The van der Waals surface area contributed by atoms with Crippen LogP contribution >= 0.6 is 18.1 Å². The van der Waals surface area contributed by atoms with E-state index in [4.69, 9.17) is 24.5 Å². The Morgan fingerprint density at radius 2 is 2.09 bits per heavy atom. The standard InChI is InChI=1S/C23H34FN8O9PS/c1-6-38-18-14-16(28-21(25)30-18)32(9-26-14)20-23(5,24)15(33)13(41-20)7-39-42(37,31-11(4)19(35)40-10(2)3)43-8-12-17(34)29-22(36)27-12/h9-13,15,20,33H,6-8H2,1-5H3,(H,31,37)(H2,25,28,30)(H2,27,29,34,36)/t11-,12?,13+,15+,20+,23+,42+/m0/s1. The zero-order valence-corrected chi connectivity index (χ0v) is 25.7. The van der Waals surface area contributed by atoms with Crippen molar-refractivity contribution in [3.8, 4) is 5.88 Å². The molecule has 2 aromatic rings. The Kier molecular flexibility index (Phi) is 9.82. The summed E-state index contributed by atoms with van der Waals surface area (Å²) in [4.78, 5) is 48.2. The highest BCUT2D eigenvalue weighted by atomic mass is 32.7. The van der Waals surface area contributed by atoms with Crippen LogP contribution in [-0.2, 0) is 28.2 Å². The lowest BCUT2D eigenvalue weighted by atomic mass is 9.98. The predicted octanol–water partition coefficient (Wildman–Crippen LogP) is 0.789. The second-order valence-electron chi connectivity index (χ2n) is 10.2. The largest absolute Gasteiger partial charge is 0.476 e. The number of hydrogen-bond donors (Lipinski definition) is 5. The van der Waals surface area contributed by atoms with Gasteiger partial charge in [-0.3, -0.25) is 24.0 Å². The van der Waals surface area contributed by atoms with E-state index in [9.17, 15) is 24.1 Å². The van der Waals surface area contributed by atoms with Crippen molar-refractivity contribution in [2.24, 2.45) is 0 Å². The lowest BCUT2D eigenvalue weighted by molar-refractivity contribution is -0.149. The average Bonchev–Trinajstić information content (AvgIpc) is 3.54. The second kappa shape index (κ2) is 12.9. The molecule has 4 rings (SSSR count). The van der Waals surface area contributed by atoms with Crippen LogP contribution in [0.4, 0.5) is 15.1 Å². The van der Waals surface area contributed by atoms with Gasteiger partial charge >= 0.3 is 18.7 Å². The number of alkyl halides is 1. The topological polar surface area (TPSA) is 231 Å². The quantitative estimate of drug-likeness (QED) is 0.115. The number of aromatic nitrogens is 4. The number of carbonyl (C=O) groups excluding carboxylic acids is 3. The van der Waals surface area contributed by atoms with E-state index in [1.165, 1.54) is 17.8 Å². The zero-order valence-electron chi connectivity index (χ0n) is 24.0. The van der Waals surface area contributed by atoms with Crippen LogP contribution in [0, 0.1) is 0 Å². The number of amides is 3. The highest BCUT2D eigenvalue weighted by Gasteiger charge is 2.56. The number of imidazole rings is 1. The molecule has 3 amide bonds. The Morgan fingerprint density at radius 1 is 1.37 bits per heavy atom. The van der Waals surface area contributed by atoms with Crippen molar-refractivity contribution in [1.82, 2.24) is 35.2 Å². The van der Waals surface area contributed by atoms with Gasteiger partial charge in [0.15, 0.2) is 23.1 Å². The third-order valence-corrected chi connectivity index (χ3v) is 10.5. The van der Waals surface area contributed by atoms with Crippen LogP contribution in [0.2, 0.25) is 0 Å². The third kappa shape index (κ3) is 7.18. The van der Waals surface area contributed by atoms with Gasteiger partial charge in [-0.25, -0.2) is 19.3 Å². The number of urea groups is 1. The summed E-state index contributed by atoms with van der Waals surface area (Å²) in [6.07, 6.45) is -3.81. The van der Waals surface area contributed by atoms with Gasteiger partial charge in [0.25, 0.3) is 5.91 Å². The van der Waals surface area contributed by atoms with Gasteiger partial charge in [-0.05, 0) is 34.6 Å². The molecule has 2 saturated heterocycles. The Morgan fingerprint density at radius 3 is 2.72 bits per heavy atom. The molecule has 43 heavy (non-hydrogen) atoms. The minimum atomic E-state index is -4.08. The summed E-state index contributed by atoms with van der Waals surface area (Å²) in [5, 5.41) is 17.9. The molecule has 2 aliphatic rings. The molecule has 0 radical (unpaired) electrons. The number of nitrogen functional groups attached to an aromatic ring is 1. The van der Waals surface area contributed by atoms with Crippen LogP contribution in [0.25, 0.3) is 11.2 Å².